The Morgan fingerprint density at radius 1 is 1.11 bits per heavy atom. The van der Waals surface area contributed by atoms with Crippen LogP contribution in [0.3, 0.4) is 0 Å². The Labute approximate surface area is 156 Å². The van der Waals surface area contributed by atoms with Crippen LogP contribution in [0.5, 0.6) is 0 Å². The first kappa shape index (κ1) is 17.8. The number of sulfonamides is 1. The van der Waals surface area contributed by atoms with Crippen LogP contribution in [0.2, 0.25) is 0 Å². The van der Waals surface area contributed by atoms with Gasteiger partial charge < -0.3 is 4.52 Å². The number of rotatable bonds is 5. The number of hydrogen-bond acceptors (Lipinski definition) is 5. The maximum Gasteiger partial charge on any atom is 0.240 e. The number of nitrogens with zero attached hydrogens (tertiary/aromatic N) is 2. The maximum absolute atomic E-state index is 13.4. The molecule has 2 atom stereocenters. The van der Waals surface area contributed by atoms with Crippen LogP contribution in [0.1, 0.15) is 25.7 Å². The number of aromatic nitrogens is 2. The molecule has 0 radical (unpaired) electrons. The lowest BCUT2D eigenvalue weighted by atomic mass is 10.1. The molecule has 1 aromatic heterocycles. The molecule has 1 aliphatic carbocycles. The van der Waals surface area contributed by atoms with Gasteiger partial charge in [0.05, 0.1) is 10.8 Å². The highest BCUT2D eigenvalue weighted by molar-refractivity contribution is 7.89. The zero-order valence-electron chi connectivity index (χ0n) is 14.8. The van der Waals surface area contributed by atoms with E-state index in [1.807, 2.05) is 44.2 Å². The maximum atomic E-state index is 13.4. The Morgan fingerprint density at radius 2 is 1.85 bits per heavy atom. The lowest BCUT2D eigenvalue weighted by molar-refractivity contribution is 0.368. The highest BCUT2D eigenvalue weighted by atomic mass is 32.2. The van der Waals surface area contributed by atoms with Gasteiger partial charge in [-0.3, -0.25) is 0 Å². The van der Waals surface area contributed by atoms with Gasteiger partial charge in [0.15, 0.2) is 0 Å². The molecule has 140 valence electrons. The fourth-order valence-corrected chi connectivity index (χ4v) is 4.69. The standard InChI is InChI=1S/C19H18FN3O3S/c1-19(2)15(18-21-17(22-26-18)12-7-4-3-5-8-12)16(19)23-27(24,25)14-10-6-9-13(20)11-14/h3-11,15-16,23H,1-2H3. The Kier molecular flexibility index (Phi) is 4.12. The molecule has 2 unspecified atom stereocenters. The quantitative estimate of drug-likeness (QED) is 0.726. The van der Waals surface area contributed by atoms with E-state index >= 15 is 0 Å². The number of benzene rings is 2. The van der Waals surface area contributed by atoms with Crippen LogP contribution in [0, 0.1) is 11.2 Å². The third-order valence-electron chi connectivity index (χ3n) is 4.96. The van der Waals surface area contributed by atoms with Gasteiger partial charge in [-0.1, -0.05) is 55.4 Å². The summed E-state index contributed by atoms with van der Waals surface area (Å²) in [5, 5.41) is 4.00. The summed E-state index contributed by atoms with van der Waals surface area (Å²) < 4.78 is 46.6. The fraction of sp³-hybridized carbons (Fsp3) is 0.263. The number of halogens is 1. The molecule has 2 aromatic carbocycles. The van der Waals surface area contributed by atoms with E-state index in [4.69, 9.17) is 4.52 Å². The van der Waals surface area contributed by atoms with Crippen molar-refractivity contribution in [2.75, 3.05) is 0 Å². The molecule has 0 spiro atoms. The van der Waals surface area contributed by atoms with Gasteiger partial charge in [0.2, 0.25) is 21.7 Å². The zero-order chi connectivity index (χ0) is 19.2. The van der Waals surface area contributed by atoms with Crippen LogP contribution < -0.4 is 4.72 Å². The molecule has 1 aliphatic rings. The van der Waals surface area contributed by atoms with Gasteiger partial charge in [-0.05, 0) is 23.6 Å². The molecule has 1 heterocycles. The van der Waals surface area contributed by atoms with Gasteiger partial charge in [0.1, 0.15) is 5.82 Å². The molecular formula is C19H18FN3O3S. The average molecular weight is 387 g/mol. The first-order chi connectivity index (χ1) is 12.8. The smallest absolute Gasteiger partial charge is 0.240 e. The van der Waals surface area contributed by atoms with Crippen LogP contribution >= 0.6 is 0 Å². The second-order valence-electron chi connectivity index (χ2n) is 7.18. The van der Waals surface area contributed by atoms with Gasteiger partial charge in [-0.2, -0.15) is 4.98 Å². The van der Waals surface area contributed by atoms with Crippen LogP contribution in [-0.2, 0) is 10.0 Å². The van der Waals surface area contributed by atoms with Crippen molar-refractivity contribution in [3.8, 4) is 11.4 Å². The van der Waals surface area contributed by atoms with Gasteiger partial charge >= 0.3 is 0 Å². The Hall–Kier alpha value is -2.58. The van der Waals surface area contributed by atoms with Crippen molar-refractivity contribution in [2.24, 2.45) is 5.41 Å². The molecular weight excluding hydrogens is 369 g/mol. The summed E-state index contributed by atoms with van der Waals surface area (Å²) >= 11 is 0. The largest absolute Gasteiger partial charge is 0.339 e. The lowest BCUT2D eigenvalue weighted by Crippen LogP contribution is -2.29. The predicted octanol–water partition coefficient (Wildman–Crippen LogP) is 3.35. The second-order valence-corrected chi connectivity index (χ2v) is 8.89. The van der Waals surface area contributed by atoms with Crippen LogP contribution in [0.15, 0.2) is 64.0 Å². The van der Waals surface area contributed by atoms with E-state index in [2.05, 4.69) is 14.9 Å². The van der Waals surface area contributed by atoms with Gasteiger partial charge in [0.25, 0.3) is 0 Å². The molecule has 0 aliphatic heterocycles. The fourth-order valence-electron chi connectivity index (χ4n) is 3.25. The monoisotopic (exact) mass is 387 g/mol. The highest BCUT2D eigenvalue weighted by Gasteiger charge is 2.63. The third kappa shape index (κ3) is 3.26. The summed E-state index contributed by atoms with van der Waals surface area (Å²) in [7, 11) is -3.86. The SMILES string of the molecule is CC1(C)C(NS(=O)(=O)c2cccc(F)c2)C1c1nc(-c2ccccc2)no1. The first-order valence-corrected chi connectivity index (χ1v) is 9.94. The molecule has 27 heavy (non-hydrogen) atoms. The first-order valence-electron chi connectivity index (χ1n) is 8.46. The minimum absolute atomic E-state index is 0.112. The lowest BCUT2D eigenvalue weighted by Gasteiger charge is -2.07. The topological polar surface area (TPSA) is 85.1 Å². The summed E-state index contributed by atoms with van der Waals surface area (Å²) in [5.74, 6) is -0.0227. The zero-order valence-corrected chi connectivity index (χ0v) is 15.6. The Morgan fingerprint density at radius 3 is 2.56 bits per heavy atom. The molecule has 1 fully saturated rings. The van der Waals surface area contributed by atoms with E-state index in [-0.39, 0.29) is 10.8 Å². The van der Waals surface area contributed by atoms with E-state index in [1.54, 1.807) is 0 Å². The van der Waals surface area contributed by atoms with Crippen molar-refractivity contribution in [1.82, 2.24) is 14.9 Å². The van der Waals surface area contributed by atoms with Crippen molar-refractivity contribution < 1.29 is 17.3 Å². The minimum atomic E-state index is -3.86. The summed E-state index contributed by atoms with van der Waals surface area (Å²) in [6.07, 6.45) is 0. The van der Waals surface area contributed by atoms with Crippen molar-refractivity contribution in [3.05, 3.63) is 66.3 Å². The molecule has 6 nitrogen and oxygen atoms in total. The van der Waals surface area contributed by atoms with E-state index in [0.29, 0.717) is 11.7 Å². The van der Waals surface area contributed by atoms with E-state index in [9.17, 15) is 12.8 Å². The minimum Gasteiger partial charge on any atom is -0.339 e. The average Bonchev–Trinajstić information content (AvgIpc) is 2.99. The Balaban J connectivity index is 1.57. The molecule has 1 N–H and O–H groups in total. The van der Waals surface area contributed by atoms with E-state index in [0.717, 1.165) is 11.6 Å². The van der Waals surface area contributed by atoms with Crippen LogP contribution in [-0.4, -0.2) is 24.6 Å². The van der Waals surface area contributed by atoms with Gasteiger partial charge in [0, 0.05) is 11.6 Å². The molecule has 3 aromatic rings. The molecule has 1 saturated carbocycles. The molecule has 0 saturated heterocycles. The van der Waals surface area contributed by atoms with E-state index < -0.39 is 27.3 Å². The van der Waals surface area contributed by atoms with Crippen molar-refractivity contribution >= 4 is 10.0 Å². The molecule has 4 rings (SSSR count). The van der Waals surface area contributed by atoms with Crippen LogP contribution in [0.4, 0.5) is 4.39 Å². The number of hydrogen-bond donors (Lipinski definition) is 1. The van der Waals surface area contributed by atoms with Crippen molar-refractivity contribution in [2.45, 2.75) is 30.7 Å². The summed E-state index contributed by atoms with van der Waals surface area (Å²) in [5.41, 5.74) is 0.420. The summed E-state index contributed by atoms with van der Waals surface area (Å²) in [4.78, 5) is 4.32. The van der Waals surface area contributed by atoms with Crippen molar-refractivity contribution in [1.29, 1.82) is 0 Å². The molecule has 8 heteroatoms. The summed E-state index contributed by atoms with van der Waals surface area (Å²) in [6.45, 7) is 3.84. The summed E-state index contributed by atoms with van der Waals surface area (Å²) in [6, 6.07) is 13.9. The highest BCUT2D eigenvalue weighted by Crippen LogP contribution is 2.58. The van der Waals surface area contributed by atoms with Crippen molar-refractivity contribution in [3.63, 3.8) is 0 Å². The van der Waals surface area contributed by atoms with Crippen LogP contribution in [0.25, 0.3) is 11.4 Å². The molecule has 0 amide bonds. The van der Waals surface area contributed by atoms with E-state index in [1.165, 1.54) is 18.2 Å². The normalized spacial score (nSPS) is 21.1. The third-order valence-corrected chi connectivity index (χ3v) is 6.39. The second kappa shape index (κ2) is 6.24. The Bertz CT molecular complexity index is 1080. The van der Waals surface area contributed by atoms with Gasteiger partial charge in [-0.15, -0.1) is 0 Å². The van der Waals surface area contributed by atoms with Gasteiger partial charge in [-0.25, -0.2) is 17.5 Å². The molecule has 0 bridgehead atoms. The predicted molar refractivity (Wildman–Crippen MR) is 96.8 cm³/mol. The number of nitrogens with one attached hydrogen (secondary N) is 1.